The fourth-order valence-electron chi connectivity index (χ4n) is 3.94. The molecule has 0 saturated carbocycles. The van der Waals surface area contributed by atoms with Crippen LogP contribution in [0.1, 0.15) is 54.5 Å². The summed E-state index contributed by atoms with van der Waals surface area (Å²) >= 11 is 6.09. The summed E-state index contributed by atoms with van der Waals surface area (Å²) in [5, 5.41) is 4.08. The molecule has 1 saturated heterocycles. The summed E-state index contributed by atoms with van der Waals surface area (Å²) in [5.41, 5.74) is 5.00. The summed E-state index contributed by atoms with van der Waals surface area (Å²) in [6.45, 7) is 9.18. The molecule has 3 rings (SSSR count). The van der Waals surface area contributed by atoms with Crippen LogP contribution in [0.3, 0.4) is 0 Å². The molecular weight excluding hydrogens is 368 g/mol. The number of rotatable bonds is 6. The molecule has 3 nitrogen and oxygen atoms in total. The van der Waals surface area contributed by atoms with Crippen LogP contribution in [0.4, 0.5) is 0 Å². The Morgan fingerprint density at radius 3 is 2.54 bits per heavy atom. The first kappa shape index (κ1) is 20.9. The first-order valence-electron chi connectivity index (χ1n) is 10.3. The quantitative estimate of drug-likeness (QED) is 0.702. The molecule has 1 aliphatic rings. The number of halogens is 1. The molecule has 1 amide bonds. The number of carbonyl (C=O) groups is 1. The lowest BCUT2D eigenvalue weighted by molar-refractivity contribution is -0.127. The summed E-state index contributed by atoms with van der Waals surface area (Å²) in [6.07, 6.45) is 2.73. The van der Waals surface area contributed by atoms with Crippen molar-refractivity contribution < 1.29 is 4.79 Å². The normalized spacial score (nSPS) is 16.7. The van der Waals surface area contributed by atoms with E-state index in [1.165, 1.54) is 22.3 Å². The van der Waals surface area contributed by atoms with E-state index < -0.39 is 0 Å². The molecule has 0 radical (unpaired) electrons. The topological polar surface area (TPSA) is 32.3 Å². The van der Waals surface area contributed by atoms with Gasteiger partial charge < -0.3 is 5.32 Å². The van der Waals surface area contributed by atoms with Crippen LogP contribution in [-0.4, -0.2) is 23.9 Å². The molecule has 1 heterocycles. The van der Waals surface area contributed by atoms with E-state index in [2.05, 4.69) is 55.3 Å². The monoisotopic (exact) mass is 398 g/mol. The molecular formula is C24H31ClN2O. The van der Waals surface area contributed by atoms with Crippen molar-refractivity contribution in [1.82, 2.24) is 10.2 Å². The highest BCUT2D eigenvalue weighted by molar-refractivity contribution is 6.30. The summed E-state index contributed by atoms with van der Waals surface area (Å²) in [6, 6.07) is 14.6. The maximum absolute atomic E-state index is 12.9. The number of hydrogen-bond acceptors (Lipinski definition) is 2. The molecule has 4 heteroatoms. The van der Waals surface area contributed by atoms with E-state index in [9.17, 15) is 4.79 Å². The van der Waals surface area contributed by atoms with Gasteiger partial charge in [0.25, 0.3) is 0 Å². The van der Waals surface area contributed by atoms with Gasteiger partial charge in [-0.1, -0.05) is 48.9 Å². The summed E-state index contributed by atoms with van der Waals surface area (Å²) in [4.78, 5) is 15.3. The third kappa shape index (κ3) is 5.36. The van der Waals surface area contributed by atoms with Gasteiger partial charge in [0.15, 0.2) is 0 Å². The van der Waals surface area contributed by atoms with Crippen molar-refractivity contribution in [3.8, 4) is 0 Å². The first-order valence-corrected chi connectivity index (χ1v) is 10.7. The number of piperidine rings is 1. The van der Waals surface area contributed by atoms with Crippen molar-refractivity contribution >= 4 is 17.5 Å². The van der Waals surface area contributed by atoms with Crippen molar-refractivity contribution in [2.24, 2.45) is 5.92 Å². The van der Waals surface area contributed by atoms with Gasteiger partial charge in [-0.05, 0) is 80.6 Å². The van der Waals surface area contributed by atoms with E-state index in [-0.39, 0.29) is 17.9 Å². The third-order valence-corrected chi connectivity index (χ3v) is 6.15. The molecule has 0 aliphatic carbocycles. The number of nitrogens with zero attached hydrogens (tertiary/aromatic N) is 1. The Labute approximate surface area is 174 Å². The third-order valence-electron chi connectivity index (χ3n) is 5.91. The smallest absolute Gasteiger partial charge is 0.223 e. The molecule has 1 N–H and O–H groups in total. The average Bonchev–Trinajstić information content (AvgIpc) is 2.69. The van der Waals surface area contributed by atoms with Gasteiger partial charge in [0.2, 0.25) is 5.91 Å². The van der Waals surface area contributed by atoms with Crippen LogP contribution in [0.5, 0.6) is 0 Å². The van der Waals surface area contributed by atoms with Gasteiger partial charge in [-0.15, -0.1) is 0 Å². The van der Waals surface area contributed by atoms with Crippen molar-refractivity contribution in [3.05, 3.63) is 69.7 Å². The zero-order valence-corrected chi connectivity index (χ0v) is 17.9. The highest BCUT2D eigenvalue weighted by atomic mass is 35.5. The van der Waals surface area contributed by atoms with Crippen molar-refractivity contribution in [3.63, 3.8) is 0 Å². The van der Waals surface area contributed by atoms with Gasteiger partial charge in [-0.2, -0.15) is 0 Å². The molecule has 0 aromatic heterocycles. The van der Waals surface area contributed by atoms with Crippen molar-refractivity contribution in [1.29, 1.82) is 0 Å². The number of carbonyl (C=O) groups excluding carboxylic acids is 1. The second-order valence-corrected chi connectivity index (χ2v) is 8.43. The Balaban J connectivity index is 1.53. The highest BCUT2D eigenvalue weighted by Crippen LogP contribution is 2.24. The molecule has 1 atom stereocenters. The molecule has 2 aromatic carbocycles. The number of nitrogens with one attached hydrogen (secondary N) is 1. The molecule has 1 aliphatic heterocycles. The summed E-state index contributed by atoms with van der Waals surface area (Å²) < 4.78 is 0. The first-order chi connectivity index (χ1) is 13.5. The number of amides is 1. The highest BCUT2D eigenvalue weighted by Gasteiger charge is 2.26. The minimum atomic E-state index is 0.0938. The maximum atomic E-state index is 12.9. The SMILES string of the molecule is CCC(NC(=O)C1CCN(Cc2cccc(Cl)c2)CC1)c1ccc(C)c(C)c1. The largest absolute Gasteiger partial charge is 0.349 e. The van der Waals surface area contributed by atoms with Crippen LogP contribution in [0, 0.1) is 19.8 Å². The average molecular weight is 399 g/mol. The molecule has 0 spiro atoms. The lowest BCUT2D eigenvalue weighted by Gasteiger charge is -2.32. The summed E-state index contributed by atoms with van der Waals surface area (Å²) in [7, 11) is 0. The number of aryl methyl sites for hydroxylation is 2. The standard InChI is InChI=1S/C24H31ClN2O/c1-4-23(21-9-8-17(2)18(3)14-21)26-24(28)20-10-12-27(13-11-20)16-19-6-5-7-22(25)15-19/h5-9,14-15,20,23H,4,10-13,16H2,1-3H3,(H,26,28). The maximum Gasteiger partial charge on any atom is 0.223 e. The minimum Gasteiger partial charge on any atom is -0.349 e. The molecule has 150 valence electrons. The molecule has 2 aromatic rings. The van der Waals surface area contributed by atoms with Gasteiger partial charge in [-0.25, -0.2) is 0 Å². The van der Waals surface area contributed by atoms with Gasteiger partial charge in [0.1, 0.15) is 0 Å². The van der Waals surface area contributed by atoms with Crippen LogP contribution in [0.25, 0.3) is 0 Å². The van der Waals surface area contributed by atoms with Crippen LogP contribution < -0.4 is 5.32 Å². The summed E-state index contributed by atoms with van der Waals surface area (Å²) in [5.74, 6) is 0.309. The number of benzene rings is 2. The van der Waals surface area contributed by atoms with Crippen molar-refractivity contribution in [2.75, 3.05) is 13.1 Å². The molecule has 28 heavy (non-hydrogen) atoms. The van der Waals surface area contributed by atoms with E-state index in [1.54, 1.807) is 0 Å². The Kier molecular flexibility index (Phi) is 7.14. The van der Waals surface area contributed by atoms with E-state index in [0.717, 1.165) is 43.9 Å². The number of likely N-dealkylation sites (tertiary alicyclic amines) is 1. The van der Waals surface area contributed by atoms with Gasteiger partial charge in [-0.3, -0.25) is 9.69 Å². The van der Waals surface area contributed by atoms with Crippen molar-refractivity contribution in [2.45, 2.75) is 52.6 Å². The lowest BCUT2D eigenvalue weighted by atomic mass is 9.94. The lowest BCUT2D eigenvalue weighted by Crippen LogP contribution is -2.41. The van der Waals surface area contributed by atoms with E-state index in [4.69, 9.17) is 11.6 Å². The Hall–Kier alpha value is -1.84. The fraction of sp³-hybridized carbons (Fsp3) is 0.458. The van der Waals surface area contributed by atoms with E-state index in [1.807, 2.05) is 18.2 Å². The van der Waals surface area contributed by atoms with Gasteiger partial charge >= 0.3 is 0 Å². The molecule has 0 bridgehead atoms. The van der Waals surface area contributed by atoms with Crippen LogP contribution in [-0.2, 0) is 11.3 Å². The van der Waals surface area contributed by atoms with Crippen LogP contribution in [0.15, 0.2) is 42.5 Å². The zero-order chi connectivity index (χ0) is 20.1. The van der Waals surface area contributed by atoms with Gasteiger partial charge in [0.05, 0.1) is 6.04 Å². The van der Waals surface area contributed by atoms with E-state index in [0.29, 0.717) is 0 Å². The minimum absolute atomic E-state index is 0.0938. The number of hydrogen-bond donors (Lipinski definition) is 1. The zero-order valence-electron chi connectivity index (χ0n) is 17.2. The molecule has 1 fully saturated rings. The molecule has 1 unspecified atom stereocenters. The Morgan fingerprint density at radius 1 is 1.14 bits per heavy atom. The fourth-order valence-corrected chi connectivity index (χ4v) is 4.15. The predicted molar refractivity (Wildman–Crippen MR) is 117 cm³/mol. The van der Waals surface area contributed by atoms with Gasteiger partial charge in [0, 0.05) is 17.5 Å². The predicted octanol–water partition coefficient (Wildman–Crippen LogP) is 5.44. The second-order valence-electron chi connectivity index (χ2n) is 7.99. The van der Waals surface area contributed by atoms with Crippen LogP contribution in [0.2, 0.25) is 5.02 Å². The van der Waals surface area contributed by atoms with E-state index >= 15 is 0 Å². The Bertz CT molecular complexity index is 812. The Morgan fingerprint density at radius 2 is 1.89 bits per heavy atom. The second kappa shape index (κ2) is 9.58. The van der Waals surface area contributed by atoms with Crippen LogP contribution >= 0.6 is 11.6 Å².